The van der Waals surface area contributed by atoms with Crippen molar-refractivity contribution in [3.63, 3.8) is 0 Å². The zero-order valence-corrected chi connectivity index (χ0v) is 11.6. The van der Waals surface area contributed by atoms with E-state index in [-0.39, 0.29) is 18.9 Å². The van der Waals surface area contributed by atoms with E-state index in [1.54, 1.807) is 23.1 Å². The number of hydrogen-bond acceptors (Lipinski definition) is 2. The summed E-state index contributed by atoms with van der Waals surface area (Å²) < 4.78 is 0. The Kier molecular flexibility index (Phi) is 4.32. The summed E-state index contributed by atoms with van der Waals surface area (Å²) in [5.74, 6) is -1.43. The highest BCUT2D eigenvalue weighted by Gasteiger charge is 2.30. The van der Waals surface area contributed by atoms with Crippen molar-refractivity contribution in [1.82, 2.24) is 4.90 Å². The molecule has 1 unspecified atom stereocenters. The molecule has 2 rings (SSSR count). The van der Waals surface area contributed by atoms with Gasteiger partial charge >= 0.3 is 5.97 Å². The summed E-state index contributed by atoms with van der Waals surface area (Å²) >= 11 is 11.9. The summed E-state index contributed by atoms with van der Waals surface area (Å²) in [7, 11) is 0. The van der Waals surface area contributed by atoms with Gasteiger partial charge in [-0.15, -0.1) is 0 Å². The van der Waals surface area contributed by atoms with Crippen molar-refractivity contribution < 1.29 is 14.7 Å². The summed E-state index contributed by atoms with van der Waals surface area (Å²) in [6.45, 7) is 0.750. The van der Waals surface area contributed by atoms with Crippen molar-refractivity contribution in [2.45, 2.75) is 12.8 Å². The van der Waals surface area contributed by atoms with Crippen LogP contribution in [0.3, 0.4) is 0 Å². The van der Waals surface area contributed by atoms with E-state index in [9.17, 15) is 9.59 Å². The quantitative estimate of drug-likeness (QED) is 0.933. The molecule has 1 heterocycles. The Morgan fingerprint density at radius 3 is 2.74 bits per heavy atom. The predicted molar refractivity (Wildman–Crippen MR) is 72.5 cm³/mol. The van der Waals surface area contributed by atoms with Crippen LogP contribution < -0.4 is 0 Å². The van der Waals surface area contributed by atoms with Gasteiger partial charge in [0.05, 0.1) is 12.3 Å². The van der Waals surface area contributed by atoms with E-state index in [2.05, 4.69) is 0 Å². The highest BCUT2D eigenvalue weighted by Crippen LogP contribution is 2.23. The third-order valence-electron chi connectivity index (χ3n) is 3.24. The van der Waals surface area contributed by atoms with Gasteiger partial charge in [0.1, 0.15) is 0 Å². The highest BCUT2D eigenvalue weighted by atomic mass is 35.5. The first kappa shape index (κ1) is 14.2. The number of likely N-dealkylation sites (tertiary alicyclic amines) is 1. The molecule has 1 atom stereocenters. The van der Waals surface area contributed by atoms with E-state index in [1.807, 2.05) is 0 Å². The molecule has 1 aliphatic heterocycles. The Morgan fingerprint density at radius 1 is 1.37 bits per heavy atom. The first-order valence-electron chi connectivity index (χ1n) is 5.92. The van der Waals surface area contributed by atoms with Crippen molar-refractivity contribution in [3.8, 4) is 0 Å². The summed E-state index contributed by atoms with van der Waals surface area (Å²) in [6, 6.07) is 4.97. The Balaban J connectivity index is 2.02. The molecule has 6 heteroatoms. The Labute approximate surface area is 120 Å². The van der Waals surface area contributed by atoms with Crippen molar-refractivity contribution in [2.75, 3.05) is 13.1 Å². The van der Waals surface area contributed by atoms with Crippen LogP contribution in [0.4, 0.5) is 0 Å². The normalized spacial score (nSPS) is 18.6. The minimum atomic E-state index is -0.851. The summed E-state index contributed by atoms with van der Waals surface area (Å²) in [6.07, 6.45) is 0.649. The van der Waals surface area contributed by atoms with Crippen LogP contribution in [-0.2, 0) is 16.0 Å². The monoisotopic (exact) mass is 301 g/mol. The van der Waals surface area contributed by atoms with Crippen LogP contribution in [0.25, 0.3) is 0 Å². The van der Waals surface area contributed by atoms with E-state index in [1.165, 1.54) is 0 Å². The Morgan fingerprint density at radius 2 is 2.11 bits per heavy atom. The number of rotatable bonds is 3. The second kappa shape index (κ2) is 5.80. The van der Waals surface area contributed by atoms with E-state index in [4.69, 9.17) is 28.3 Å². The molecular formula is C13H13Cl2NO3. The van der Waals surface area contributed by atoms with Gasteiger partial charge in [-0.05, 0) is 30.2 Å². The second-order valence-corrected chi connectivity index (χ2v) is 5.42. The molecule has 0 aliphatic carbocycles. The number of carbonyl (C=O) groups is 2. The van der Waals surface area contributed by atoms with Gasteiger partial charge in [0.2, 0.25) is 5.91 Å². The molecule has 0 radical (unpaired) electrons. The lowest BCUT2D eigenvalue weighted by Gasteiger charge is -2.16. The van der Waals surface area contributed by atoms with Gasteiger partial charge in [-0.25, -0.2) is 0 Å². The van der Waals surface area contributed by atoms with E-state index in [0.717, 1.165) is 0 Å². The minimum Gasteiger partial charge on any atom is -0.481 e. The summed E-state index contributed by atoms with van der Waals surface area (Å²) in [5.41, 5.74) is 0.665. The van der Waals surface area contributed by atoms with Crippen LogP contribution in [0.1, 0.15) is 12.0 Å². The first-order valence-corrected chi connectivity index (χ1v) is 6.67. The highest BCUT2D eigenvalue weighted by molar-refractivity contribution is 6.33. The molecule has 0 bridgehead atoms. The topological polar surface area (TPSA) is 57.6 Å². The lowest BCUT2D eigenvalue weighted by atomic mass is 10.1. The van der Waals surface area contributed by atoms with Gasteiger partial charge in [0.25, 0.3) is 0 Å². The molecule has 0 spiro atoms. The number of carbonyl (C=O) groups excluding carboxylic acids is 1. The SMILES string of the molecule is O=C(O)C1CCN(C(=O)Cc2cc(Cl)ccc2Cl)C1. The number of hydrogen-bond donors (Lipinski definition) is 1. The van der Waals surface area contributed by atoms with Gasteiger partial charge in [-0.1, -0.05) is 23.2 Å². The average molecular weight is 302 g/mol. The smallest absolute Gasteiger partial charge is 0.308 e. The summed E-state index contributed by atoms with van der Waals surface area (Å²) in [4.78, 5) is 24.5. The fraction of sp³-hybridized carbons (Fsp3) is 0.385. The van der Waals surface area contributed by atoms with Crippen molar-refractivity contribution in [1.29, 1.82) is 0 Å². The van der Waals surface area contributed by atoms with Crippen LogP contribution in [0.15, 0.2) is 18.2 Å². The van der Waals surface area contributed by atoms with Crippen LogP contribution in [0, 0.1) is 5.92 Å². The molecule has 102 valence electrons. The van der Waals surface area contributed by atoms with Gasteiger partial charge in [-0.2, -0.15) is 0 Å². The van der Waals surface area contributed by atoms with Crippen molar-refractivity contribution >= 4 is 35.1 Å². The number of amides is 1. The number of carboxylic acids is 1. The standard InChI is InChI=1S/C13H13Cl2NO3/c14-10-1-2-11(15)9(5-10)6-12(17)16-4-3-8(7-16)13(18)19/h1-2,5,8H,3-4,6-7H2,(H,18,19). The van der Waals surface area contributed by atoms with Crippen LogP contribution in [-0.4, -0.2) is 35.0 Å². The van der Waals surface area contributed by atoms with Crippen molar-refractivity contribution in [2.24, 2.45) is 5.92 Å². The largest absolute Gasteiger partial charge is 0.481 e. The van der Waals surface area contributed by atoms with Crippen LogP contribution in [0.2, 0.25) is 10.0 Å². The second-order valence-electron chi connectivity index (χ2n) is 4.58. The zero-order chi connectivity index (χ0) is 14.0. The zero-order valence-electron chi connectivity index (χ0n) is 10.1. The van der Waals surface area contributed by atoms with Gasteiger partial charge in [-0.3, -0.25) is 9.59 Å². The number of halogens is 2. The Bertz CT molecular complexity index is 519. The van der Waals surface area contributed by atoms with Crippen LogP contribution in [0.5, 0.6) is 0 Å². The Hall–Kier alpha value is -1.26. The molecule has 1 N–H and O–H groups in total. The van der Waals surface area contributed by atoms with E-state index < -0.39 is 11.9 Å². The molecule has 1 fully saturated rings. The molecule has 0 aromatic heterocycles. The molecule has 1 saturated heterocycles. The summed E-state index contributed by atoms with van der Waals surface area (Å²) in [5, 5.41) is 9.92. The van der Waals surface area contributed by atoms with E-state index >= 15 is 0 Å². The van der Waals surface area contributed by atoms with Gasteiger partial charge in [0.15, 0.2) is 0 Å². The number of benzene rings is 1. The van der Waals surface area contributed by atoms with Gasteiger partial charge < -0.3 is 10.0 Å². The van der Waals surface area contributed by atoms with Crippen LogP contribution >= 0.6 is 23.2 Å². The maximum absolute atomic E-state index is 12.1. The third kappa shape index (κ3) is 3.39. The number of aliphatic carboxylic acids is 1. The van der Waals surface area contributed by atoms with E-state index in [0.29, 0.717) is 28.6 Å². The first-order chi connectivity index (χ1) is 8.97. The lowest BCUT2D eigenvalue weighted by molar-refractivity contribution is -0.141. The molecule has 1 aromatic carbocycles. The fourth-order valence-electron chi connectivity index (χ4n) is 2.14. The molecule has 19 heavy (non-hydrogen) atoms. The minimum absolute atomic E-state index is 0.118. The maximum atomic E-state index is 12.1. The molecule has 1 aromatic rings. The molecular weight excluding hydrogens is 289 g/mol. The number of carboxylic acid groups (broad SMARTS) is 1. The molecule has 4 nitrogen and oxygen atoms in total. The average Bonchev–Trinajstić information content (AvgIpc) is 2.83. The molecule has 1 amide bonds. The maximum Gasteiger partial charge on any atom is 0.308 e. The number of nitrogens with zero attached hydrogens (tertiary/aromatic N) is 1. The van der Waals surface area contributed by atoms with Gasteiger partial charge in [0, 0.05) is 23.1 Å². The third-order valence-corrected chi connectivity index (χ3v) is 3.84. The lowest BCUT2D eigenvalue weighted by Crippen LogP contribution is -2.31. The molecule has 0 saturated carbocycles. The fourth-order valence-corrected chi connectivity index (χ4v) is 2.52. The van der Waals surface area contributed by atoms with Crippen molar-refractivity contribution in [3.05, 3.63) is 33.8 Å². The molecule has 1 aliphatic rings. The predicted octanol–water partition coefficient (Wildman–Crippen LogP) is 2.47.